The molecule has 0 amide bonds. The molecule has 0 unspecified atom stereocenters. The molecule has 4 aromatic heterocycles. The zero-order valence-corrected chi connectivity index (χ0v) is 37.3. The number of fused-ring (bicyclic) bond motifs is 10. The van der Waals surface area contributed by atoms with Gasteiger partial charge in [-0.2, -0.15) is 9.97 Å². The monoisotopic (exact) mass is 880 g/mol. The summed E-state index contributed by atoms with van der Waals surface area (Å²) in [6.07, 6.45) is 0. The van der Waals surface area contributed by atoms with Gasteiger partial charge < -0.3 is 9.13 Å². The maximum absolute atomic E-state index is 5.48. The van der Waals surface area contributed by atoms with Gasteiger partial charge in [0.2, 0.25) is 5.95 Å². The molecule has 0 bridgehead atoms. The molecular formula is C63H40N6. The average molecular weight is 881 g/mol. The molecule has 0 aliphatic carbocycles. The van der Waals surface area contributed by atoms with E-state index in [1.807, 2.05) is 24.3 Å². The van der Waals surface area contributed by atoms with E-state index in [0.29, 0.717) is 17.6 Å². The highest BCUT2D eigenvalue weighted by atomic mass is 15.2. The normalized spacial score (nSPS) is 11.8. The number of para-hydroxylation sites is 4. The van der Waals surface area contributed by atoms with Gasteiger partial charge in [-0.05, 0) is 64.7 Å². The fraction of sp³-hybridized carbons (Fsp3) is 0. The third-order valence-corrected chi connectivity index (χ3v) is 13.7. The van der Waals surface area contributed by atoms with Gasteiger partial charge in [0, 0.05) is 49.1 Å². The Morgan fingerprint density at radius 1 is 0.261 bits per heavy atom. The van der Waals surface area contributed by atoms with Crippen molar-refractivity contribution in [1.29, 1.82) is 0 Å². The van der Waals surface area contributed by atoms with Crippen molar-refractivity contribution in [3.63, 3.8) is 0 Å². The van der Waals surface area contributed by atoms with Crippen molar-refractivity contribution in [2.45, 2.75) is 0 Å². The fourth-order valence-electron chi connectivity index (χ4n) is 10.6. The second kappa shape index (κ2) is 15.6. The lowest BCUT2D eigenvalue weighted by atomic mass is 10.0. The van der Waals surface area contributed by atoms with E-state index in [2.05, 4.69) is 232 Å². The smallest absolute Gasteiger partial charge is 0.238 e. The van der Waals surface area contributed by atoms with E-state index in [4.69, 9.17) is 15.0 Å². The van der Waals surface area contributed by atoms with Crippen LogP contribution in [0.25, 0.3) is 128 Å². The summed E-state index contributed by atoms with van der Waals surface area (Å²) in [5.74, 6) is 1.74. The van der Waals surface area contributed by atoms with Crippen LogP contribution in [0.1, 0.15) is 0 Å². The van der Waals surface area contributed by atoms with Crippen LogP contribution in [0.2, 0.25) is 0 Å². The van der Waals surface area contributed by atoms with Gasteiger partial charge in [-0.1, -0.05) is 200 Å². The lowest BCUT2D eigenvalue weighted by Gasteiger charge is -2.15. The maximum atomic E-state index is 5.48. The van der Waals surface area contributed by atoms with Crippen LogP contribution in [-0.4, -0.2) is 28.7 Å². The Balaban J connectivity index is 1.13. The van der Waals surface area contributed by atoms with E-state index in [1.165, 1.54) is 21.9 Å². The molecule has 10 aromatic carbocycles. The van der Waals surface area contributed by atoms with E-state index in [9.17, 15) is 0 Å². The Hall–Kier alpha value is -9.39. The van der Waals surface area contributed by atoms with Crippen molar-refractivity contribution in [3.8, 4) is 62.4 Å². The Morgan fingerprint density at radius 3 is 1.17 bits per heavy atom. The highest BCUT2D eigenvalue weighted by Crippen LogP contribution is 2.46. The Labute approximate surface area is 397 Å². The lowest BCUT2D eigenvalue weighted by Crippen LogP contribution is -2.07. The summed E-state index contributed by atoms with van der Waals surface area (Å²) in [6.45, 7) is 0. The van der Waals surface area contributed by atoms with Crippen molar-refractivity contribution in [2.75, 3.05) is 0 Å². The first-order valence-electron chi connectivity index (χ1n) is 23.4. The van der Waals surface area contributed by atoms with Gasteiger partial charge in [-0.3, -0.25) is 4.57 Å². The summed E-state index contributed by atoms with van der Waals surface area (Å²) in [5.41, 5.74) is 15.1. The van der Waals surface area contributed by atoms with Crippen LogP contribution in [0.3, 0.4) is 0 Å². The second-order valence-electron chi connectivity index (χ2n) is 17.6. The van der Waals surface area contributed by atoms with E-state index < -0.39 is 0 Å². The summed E-state index contributed by atoms with van der Waals surface area (Å²) in [4.78, 5) is 16.1. The molecule has 0 aliphatic rings. The molecule has 0 saturated carbocycles. The van der Waals surface area contributed by atoms with Gasteiger partial charge in [-0.15, -0.1) is 0 Å². The second-order valence-corrected chi connectivity index (χ2v) is 17.6. The van der Waals surface area contributed by atoms with Gasteiger partial charge >= 0.3 is 0 Å². The average Bonchev–Trinajstić information content (AvgIpc) is 4.07. The molecule has 0 spiro atoms. The number of hydrogen-bond acceptors (Lipinski definition) is 3. The standard InChI is InChI=1S/C63H40N6/c1-4-18-41(19-5-1)43-32-34-46(35-33-43)62-64-61(45-22-8-3-9-23-45)65-63(66-62)69-55-31-17-13-27-51(55)59-57(68-52-28-14-10-24-48(52)49-25-11-15-29-53(49)68)40-56-58(60(59)69)50-26-12-16-30-54(50)67(56)47-38-36-44(37-39-47)42-20-6-2-7-21-42/h1-40H. The molecule has 69 heavy (non-hydrogen) atoms. The zero-order valence-electron chi connectivity index (χ0n) is 37.3. The fourth-order valence-corrected chi connectivity index (χ4v) is 10.6. The first kappa shape index (κ1) is 38.8. The molecule has 0 atom stereocenters. The Bertz CT molecular complexity index is 4210. The van der Waals surface area contributed by atoms with Crippen LogP contribution < -0.4 is 0 Å². The van der Waals surface area contributed by atoms with E-state index >= 15 is 0 Å². The van der Waals surface area contributed by atoms with Crippen LogP contribution in [-0.2, 0) is 0 Å². The van der Waals surface area contributed by atoms with Crippen LogP contribution >= 0.6 is 0 Å². The van der Waals surface area contributed by atoms with Crippen molar-refractivity contribution in [3.05, 3.63) is 243 Å². The van der Waals surface area contributed by atoms with Gasteiger partial charge in [0.25, 0.3) is 0 Å². The van der Waals surface area contributed by atoms with Gasteiger partial charge in [0.1, 0.15) is 0 Å². The zero-order chi connectivity index (χ0) is 45.4. The Kier molecular flexibility index (Phi) is 8.79. The SMILES string of the molecule is c1ccc(-c2ccc(-c3nc(-c4ccccc4)nc(-n4c5ccccc5c5c(-n6c7ccccc7c7ccccc76)cc6c(c7ccccc7n6-c6ccc(-c7ccccc7)cc6)c54)n3)cc2)cc1. The number of benzene rings is 10. The minimum absolute atomic E-state index is 0.543. The molecule has 0 radical (unpaired) electrons. The van der Waals surface area contributed by atoms with E-state index in [1.54, 1.807) is 0 Å². The predicted octanol–water partition coefficient (Wildman–Crippen LogP) is 15.8. The molecule has 4 heterocycles. The van der Waals surface area contributed by atoms with Crippen molar-refractivity contribution in [1.82, 2.24) is 28.7 Å². The third kappa shape index (κ3) is 6.16. The van der Waals surface area contributed by atoms with Crippen LogP contribution in [0, 0.1) is 0 Å². The summed E-state index contributed by atoms with van der Waals surface area (Å²) >= 11 is 0. The van der Waals surface area contributed by atoms with Crippen molar-refractivity contribution >= 4 is 65.4 Å². The summed E-state index contributed by atoms with van der Waals surface area (Å²) in [7, 11) is 0. The van der Waals surface area contributed by atoms with Crippen LogP contribution in [0.5, 0.6) is 0 Å². The molecule has 14 rings (SSSR count). The molecule has 0 saturated heterocycles. The summed E-state index contributed by atoms with van der Waals surface area (Å²) in [6, 6.07) is 86.3. The number of rotatable bonds is 7. The molecule has 0 aliphatic heterocycles. The van der Waals surface area contributed by atoms with E-state index in [-0.39, 0.29) is 0 Å². The topological polar surface area (TPSA) is 53.5 Å². The number of aromatic nitrogens is 6. The largest absolute Gasteiger partial charge is 0.309 e. The van der Waals surface area contributed by atoms with Crippen molar-refractivity contribution in [2.24, 2.45) is 0 Å². The Morgan fingerprint density at radius 2 is 0.638 bits per heavy atom. The highest BCUT2D eigenvalue weighted by Gasteiger charge is 2.27. The van der Waals surface area contributed by atoms with E-state index in [0.717, 1.165) is 88.3 Å². The third-order valence-electron chi connectivity index (χ3n) is 13.7. The minimum Gasteiger partial charge on any atom is -0.309 e. The number of hydrogen-bond donors (Lipinski definition) is 0. The molecule has 0 fully saturated rings. The molecular weight excluding hydrogens is 841 g/mol. The minimum atomic E-state index is 0.543. The van der Waals surface area contributed by atoms with Gasteiger partial charge in [0.05, 0.1) is 38.8 Å². The van der Waals surface area contributed by atoms with Gasteiger partial charge in [-0.25, -0.2) is 4.98 Å². The van der Waals surface area contributed by atoms with Crippen molar-refractivity contribution < 1.29 is 0 Å². The first-order valence-corrected chi connectivity index (χ1v) is 23.4. The predicted molar refractivity (Wildman–Crippen MR) is 285 cm³/mol. The molecule has 322 valence electrons. The molecule has 14 aromatic rings. The highest BCUT2D eigenvalue weighted by molar-refractivity contribution is 6.29. The lowest BCUT2D eigenvalue weighted by molar-refractivity contribution is 0.955. The summed E-state index contributed by atoms with van der Waals surface area (Å²) < 4.78 is 7.20. The maximum Gasteiger partial charge on any atom is 0.238 e. The van der Waals surface area contributed by atoms with Crippen LogP contribution in [0.4, 0.5) is 0 Å². The van der Waals surface area contributed by atoms with Gasteiger partial charge in [0.15, 0.2) is 11.6 Å². The molecule has 6 nitrogen and oxygen atoms in total. The molecule has 0 N–H and O–H groups in total. The first-order chi connectivity index (χ1) is 34.2. The van der Waals surface area contributed by atoms with Crippen LogP contribution in [0.15, 0.2) is 243 Å². The summed E-state index contributed by atoms with van der Waals surface area (Å²) in [5, 5.41) is 6.87. The molecule has 6 heteroatoms. The quantitative estimate of drug-likeness (QED) is 0.160. The number of nitrogens with zero attached hydrogens (tertiary/aromatic N) is 6.